The molecular formula is C77H83BN2O2S. The Hall–Kier alpha value is -6.24. The van der Waals surface area contributed by atoms with Crippen molar-refractivity contribution in [2.24, 2.45) is 0 Å². The molecule has 0 fully saturated rings. The summed E-state index contributed by atoms with van der Waals surface area (Å²) < 4.78 is 16.6. The van der Waals surface area contributed by atoms with Gasteiger partial charge in [0.05, 0.1) is 16.4 Å². The molecule has 0 amide bonds. The van der Waals surface area contributed by atoms with Crippen LogP contribution in [-0.4, -0.2) is 6.85 Å². The second-order valence-corrected chi connectivity index (χ2v) is 33.3. The van der Waals surface area contributed by atoms with Gasteiger partial charge in [-0.05, 0) is 240 Å². The SMILES string of the molecule is Cc1cc2c(cc1N1c3sc4cc5c(cc4c3B3c4c(cc6c(oc7ccccc76)c41)-c1c(ccc4c1oc1cc6c(cc14)C(C)(C)CCC6(C)C)N3c1ccc3c(c1)C(C)(C)CCC3(C)C)C(C)(C)CCC5(C)C)C(C)(C)CCC2(C)C. The number of anilines is 5. The van der Waals surface area contributed by atoms with Gasteiger partial charge < -0.3 is 13.6 Å². The van der Waals surface area contributed by atoms with Crippen molar-refractivity contribution in [1.29, 1.82) is 0 Å². The van der Waals surface area contributed by atoms with Crippen LogP contribution in [0.2, 0.25) is 0 Å². The Morgan fingerprint density at radius 3 is 1.55 bits per heavy atom. The standard InChI is InChI=1S/C77H83BN2O2S/c1-42-34-51-55(75(12,13)31-28-71(51,4)5)39-59(42)79-66-64-49(36-47-44-20-18-19-21-60(44)81-68(47)66)63-58(25-23-45-46-37-53-56(40-61(46)82-67(45)63)76(14,15)32-29-73(53,8)9)80(43-22-24-50-52(35-43)72(6,7)27-26-70(50,2)3)78(64)65-48-38-54-57(41-62(48)83-69(65)79)77(16,17)33-30-74(54,10)11/h18-25,34-41H,26-33H2,1-17H3. The van der Waals surface area contributed by atoms with E-state index in [1.807, 2.05) is 11.3 Å². The number of fused-ring (bicyclic) bond motifs is 18. The molecule has 0 saturated carbocycles. The summed E-state index contributed by atoms with van der Waals surface area (Å²) in [7, 11) is 0. The van der Waals surface area contributed by atoms with Crippen molar-refractivity contribution in [3.63, 3.8) is 0 Å². The molecule has 0 bridgehead atoms. The lowest BCUT2D eigenvalue weighted by Gasteiger charge is -2.47. The van der Waals surface area contributed by atoms with Crippen molar-refractivity contribution in [3.8, 4) is 11.1 Å². The van der Waals surface area contributed by atoms with Crippen LogP contribution in [0.3, 0.4) is 0 Å². The first kappa shape index (κ1) is 52.3. The zero-order valence-electron chi connectivity index (χ0n) is 52.6. The maximum Gasteiger partial charge on any atom is 0.334 e. The highest BCUT2D eigenvalue weighted by Crippen LogP contribution is 2.60. The van der Waals surface area contributed by atoms with Gasteiger partial charge in [0.1, 0.15) is 16.7 Å². The van der Waals surface area contributed by atoms with E-state index in [-0.39, 0.29) is 50.2 Å². The Balaban J connectivity index is 1.11. The number of benzene rings is 7. The maximum atomic E-state index is 7.68. The number of hydrogen-bond acceptors (Lipinski definition) is 5. The highest BCUT2D eigenvalue weighted by Gasteiger charge is 2.52. The van der Waals surface area contributed by atoms with Crippen molar-refractivity contribution in [3.05, 3.63) is 147 Å². The molecule has 0 atom stereocenters. The molecule has 10 aromatic rings. The second-order valence-electron chi connectivity index (χ2n) is 32.3. The number of thiophene rings is 1. The zero-order valence-corrected chi connectivity index (χ0v) is 53.4. The Kier molecular flexibility index (Phi) is 10.2. The first-order valence-electron chi connectivity index (χ1n) is 31.5. The molecule has 0 saturated heterocycles. The minimum absolute atomic E-state index is 0.000285. The lowest BCUT2D eigenvalue weighted by molar-refractivity contribution is 0.332. The van der Waals surface area contributed by atoms with E-state index in [0.717, 1.165) is 70.9 Å². The summed E-state index contributed by atoms with van der Waals surface area (Å²) in [6.45, 7) is 41.7. The van der Waals surface area contributed by atoms with Crippen LogP contribution in [0, 0.1) is 6.92 Å². The van der Waals surface area contributed by atoms with Crippen molar-refractivity contribution >= 4 is 111 Å². The number of para-hydroxylation sites is 1. The molecule has 83 heavy (non-hydrogen) atoms. The fourth-order valence-electron chi connectivity index (χ4n) is 17.3. The summed E-state index contributed by atoms with van der Waals surface area (Å²) in [5.74, 6) is 0. The quantitative estimate of drug-likeness (QED) is 0.162. The van der Waals surface area contributed by atoms with E-state index in [1.54, 1.807) is 0 Å². The molecule has 0 radical (unpaired) electrons. The summed E-state index contributed by atoms with van der Waals surface area (Å²) >= 11 is 2.01. The molecule has 6 heteroatoms. The van der Waals surface area contributed by atoms with Crippen LogP contribution in [0.4, 0.5) is 27.8 Å². The molecule has 0 unspecified atom stereocenters. The Labute approximate surface area is 497 Å². The van der Waals surface area contributed by atoms with Crippen LogP contribution in [0.25, 0.3) is 65.1 Å². The third-order valence-electron chi connectivity index (χ3n) is 23.2. The van der Waals surface area contributed by atoms with Crippen molar-refractivity contribution < 1.29 is 8.83 Å². The molecule has 422 valence electrons. The monoisotopic (exact) mass is 1110 g/mol. The van der Waals surface area contributed by atoms with Gasteiger partial charge in [0.2, 0.25) is 0 Å². The Morgan fingerprint density at radius 2 is 0.928 bits per heavy atom. The van der Waals surface area contributed by atoms with Crippen LogP contribution in [-0.2, 0) is 43.3 Å². The average Bonchev–Trinajstić information content (AvgIpc) is 1.67. The highest BCUT2D eigenvalue weighted by molar-refractivity contribution is 7.26. The largest absolute Gasteiger partial charge is 0.455 e. The van der Waals surface area contributed by atoms with Crippen LogP contribution < -0.4 is 20.6 Å². The van der Waals surface area contributed by atoms with Gasteiger partial charge in [-0.15, -0.1) is 11.3 Å². The molecule has 6 aliphatic rings. The molecule has 5 heterocycles. The molecule has 7 aromatic carbocycles. The van der Waals surface area contributed by atoms with Gasteiger partial charge >= 0.3 is 6.85 Å². The minimum Gasteiger partial charge on any atom is -0.455 e. The van der Waals surface area contributed by atoms with E-state index in [4.69, 9.17) is 8.83 Å². The normalized spacial score (nSPS) is 21.4. The number of nitrogens with zero attached hydrogens (tertiary/aromatic N) is 2. The molecule has 0 spiro atoms. The Morgan fingerprint density at radius 1 is 0.410 bits per heavy atom. The third-order valence-corrected chi connectivity index (χ3v) is 24.4. The fourth-order valence-corrected chi connectivity index (χ4v) is 18.6. The number of aryl methyl sites for hydroxylation is 1. The molecular weight excluding hydrogens is 1030 g/mol. The summed E-state index contributed by atoms with van der Waals surface area (Å²) in [5.41, 5.74) is 27.1. The molecule has 2 aliphatic heterocycles. The van der Waals surface area contributed by atoms with Gasteiger partial charge in [0.15, 0.2) is 5.58 Å². The lowest BCUT2D eigenvalue weighted by Crippen LogP contribution is -2.61. The zero-order chi connectivity index (χ0) is 58.0. The number of rotatable bonds is 2. The summed E-state index contributed by atoms with van der Waals surface area (Å²) in [6.07, 6.45) is 9.26. The fraction of sp³-hybridized carbons (Fsp3) is 0.429. The molecule has 4 aliphatic carbocycles. The van der Waals surface area contributed by atoms with Gasteiger partial charge in [0.25, 0.3) is 0 Å². The van der Waals surface area contributed by atoms with Crippen LogP contribution in [0.1, 0.15) is 212 Å². The molecule has 16 rings (SSSR count). The van der Waals surface area contributed by atoms with Crippen molar-refractivity contribution in [2.45, 2.75) is 212 Å². The predicted molar refractivity (Wildman–Crippen MR) is 356 cm³/mol. The van der Waals surface area contributed by atoms with E-state index in [9.17, 15) is 0 Å². The van der Waals surface area contributed by atoms with Gasteiger partial charge in [-0.25, -0.2) is 0 Å². The number of furan rings is 2. The van der Waals surface area contributed by atoms with Gasteiger partial charge in [-0.3, -0.25) is 4.90 Å². The molecule has 3 aromatic heterocycles. The maximum absolute atomic E-state index is 7.68. The third kappa shape index (κ3) is 7.00. The lowest BCUT2D eigenvalue weighted by atomic mass is 9.43. The topological polar surface area (TPSA) is 32.8 Å². The van der Waals surface area contributed by atoms with Crippen molar-refractivity contribution in [1.82, 2.24) is 0 Å². The van der Waals surface area contributed by atoms with Gasteiger partial charge in [-0.2, -0.15) is 0 Å². The van der Waals surface area contributed by atoms with Crippen molar-refractivity contribution in [2.75, 3.05) is 9.71 Å². The summed E-state index contributed by atoms with van der Waals surface area (Å²) in [5, 5.41) is 7.33. The first-order chi connectivity index (χ1) is 39.0. The van der Waals surface area contributed by atoms with Crippen LogP contribution >= 0.6 is 11.3 Å². The average molecular weight is 1110 g/mol. The van der Waals surface area contributed by atoms with E-state index in [0.29, 0.717) is 0 Å². The molecule has 4 nitrogen and oxygen atoms in total. The minimum atomic E-state index is -0.218. The summed E-state index contributed by atoms with van der Waals surface area (Å²) in [6, 6.07) is 39.4. The van der Waals surface area contributed by atoms with Crippen LogP contribution in [0.5, 0.6) is 0 Å². The summed E-state index contributed by atoms with van der Waals surface area (Å²) in [4.78, 5) is 5.53. The smallest absolute Gasteiger partial charge is 0.334 e. The second kappa shape index (κ2) is 16.2. The van der Waals surface area contributed by atoms with E-state index in [2.05, 4.69) is 224 Å². The Bertz CT molecular complexity index is 4560. The highest BCUT2D eigenvalue weighted by atomic mass is 32.1. The van der Waals surface area contributed by atoms with E-state index in [1.165, 1.54) is 134 Å². The van der Waals surface area contributed by atoms with E-state index < -0.39 is 0 Å². The predicted octanol–water partition coefficient (Wildman–Crippen LogP) is 21.1. The molecule has 0 N–H and O–H groups in total. The first-order valence-corrected chi connectivity index (χ1v) is 32.3. The van der Waals surface area contributed by atoms with Crippen LogP contribution in [0.15, 0.2) is 106 Å². The van der Waals surface area contributed by atoms with Gasteiger partial charge in [-0.1, -0.05) is 141 Å². The number of hydrogen-bond donors (Lipinski definition) is 0. The van der Waals surface area contributed by atoms with E-state index >= 15 is 0 Å². The van der Waals surface area contributed by atoms with Gasteiger partial charge in [0, 0.05) is 43.2 Å².